The second-order valence-electron chi connectivity index (χ2n) is 1.72. The van der Waals surface area contributed by atoms with Gasteiger partial charge in [0.05, 0.1) is 6.21 Å². The van der Waals surface area contributed by atoms with Crippen LogP contribution < -0.4 is 0 Å². The van der Waals surface area contributed by atoms with Crippen molar-refractivity contribution >= 4 is 32.7 Å². The molecule has 0 spiro atoms. The molecule has 9 heavy (non-hydrogen) atoms. The Morgan fingerprint density at radius 2 is 2.44 bits per heavy atom. The van der Waals surface area contributed by atoms with Crippen molar-refractivity contribution in [1.82, 2.24) is 0 Å². The fourth-order valence-corrected chi connectivity index (χ4v) is 0.908. The predicted molar refractivity (Wildman–Crippen MR) is 39.3 cm³/mol. The number of carbonyl (C=O) groups is 1. The van der Waals surface area contributed by atoms with Crippen molar-refractivity contribution in [1.29, 1.82) is 0 Å². The number of hydrogen-bond donors (Lipinski definition) is 0. The molecule has 48 valence electrons. The number of carbonyl (C=O) groups excluding carboxylic acids is 1. The fourth-order valence-electron chi connectivity index (χ4n) is 0.498. The van der Waals surface area contributed by atoms with Gasteiger partial charge < -0.3 is 0 Å². The lowest BCUT2D eigenvalue weighted by Gasteiger charge is -2.04. The van der Waals surface area contributed by atoms with Crippen molar-refractivity contribution in [2.45, 2.75) is 13.0 Å². The molecule has 0 bridgehead atoms. The highest BCUT2D eigenvalue weighted by molar-refractivity contribution is 9.19. The molecular weight excluding hydrogens is 184 g/mol. The van der Waals surface area contributed by atoms with Crippen LogP contribution in [-0.2, 0) is 4.79 Å². The molecule has 0 N–H and O–H groups in total. The molecular formula is C5H5BrN2O. The van der Waals surface area contributed by atoms with Crippen LogP contribution in [-0.4, -0.2) is 22.8 Å². The van der Waals surface area contributed by atoms with Crippen molar-refractivity contribution in [2.24, 2.45) is 9.98 Å². The Balaban J connectivity index is 2.82. The van der Waals surface area contributed by atoms with E-state index in [-0.39, 0.29) is 11.9 Å². The third kappa shape index (κ3) is 1.45. The van der Waals surface area contributed by atoms with Gasteiger partial charge in [0.1, 0.15) is 10.7 Å². The monoisotopic (exact) mass is 188 g/mol. The smallest absolute Gasteiger partial charge is 0.270 e. The molecule has 0 saturated heterocycles. The Morgan fingerprint density at radius 1 is 1.78 bits per heavy atom. The first-order valence-electron chi connectivity index (χ1n) is 2.51. The van der Waals surface area contributed by atoms with Crippen molar-refractivity contribution in [3.8, 4) is 0 Å². The lowest BCUT2D eigenvalue weighted by molar-refractivity contribution is -0.118. The maximum atomic E-state index is 10.6. The van der Waals surface area contributed by atoms with E-state index >= 15 is 0 Å². The lowest BCUT2D eigenvalue weighted by atomic mass is 10.3. The summed E-state index contributed by atoms with van der Waals surface area (Å²) in [5, 5.41) is 0. The van der Waals surface area contributed by atoms with Gasteiger partial charge in [-0.3, -0.25) is 9.79 Å². The zero-order chi connectivity index (χ0) is 6.85. The van der Waals surface area contributed by atoms with E-state index in [1.54, 1.807) is 6.92 Å². The molecule has 1 unspecified atom stereocenters. The SMILES string of the molecule is CC1N=C(Br)C=NC1=O. The summed E-state index contributed by atoms with van der Waals surface area (Å²) in [5.74, 6) is -0.182. The lowest BCUT2D eigenvalue weighted by Crippen LogP contribution is -2.18. The van der Waals surface area contributed by atoms with Crippen molar-refractivity contribution in [2.75, 3.05) is 0 Å². The largest absolute Gasteiger partial charge is 0.270 e. The summed E-state index contributed by atoms with van der Waals surface area (Å²) in [5.41, 5.74) is 0. The van der Waals surface area contributed by atoms with Crippen molar-refractivity contribution in [3.05, 3.63) is 0 Å². The van der Waals surface area contributed by atoms with Gasteiger partial charge in [-0.25, -0.2) is 4.99 Å². The molecule has 1 aliphatic rings. The highest BCUT2D eigenvalue weighted by Crippen LogP contribution is 2.01. The number of aliphatic imine (C=N–C) groups is 2. The van der Waals surface area contributed by atoms with Crippen LogP contribution in [0.15, 0.2) is 9.98 Å². The van der Waals surface area contributed by atoms with Crippen LogP contribution in [0.4, 0.5) is 0 Å². The Labute approximate surface area is 61.0 Å². The van der Waals surface area contributed by atoms with Gasteiger partial charge in [-0.05, 0) is 22.9 Å². The molecule has 0 radical (unpaired) electrons. The number of halogens is 1. The predicted octanol–water partition coefficient (Wildman–Crippen LogP) is 0.779. The molecule has 0 saturated carbocycles. The van der Waals surface area contributed by atoms with E-state index in [2.05, 4.69) is 25.9 Å². The van der Waals surface area contributed by atoms with Crippen LogP contribution in [0, 0.1) is 0 Å². The molecule has 0 fully saturated rings. The summed E-state index contributed by atoms with van der Waals surface area (Å²) in [6, 6.07) is -0.315. The van der Waals surface area contributed by atoms with Gasteiger partial charge in [-0.15, -0.1) is 0 Å². The summed E-state index contributed by atoms with van der Waals surface area (Å²) < 4.78 is 0.634. The van der Waals surface area contributed by atoms with Crippen LogP contribution in [0.3, 0.4) is 0 Å². The molecule has 3 nitrogen and oxygen atoms in total. The third-order valence-electron chi connectivity index (χ3n) is 0.973. The standard InChI is InChI=1S/C5H5BrN2O/c1-3-5(9)7-2-4(6)8-3/h2-3H,1H3. The van der Waals surface area contributed by atoms with Crippen molar-refractivity contribution < 1.29 is 4.79 Å². The molecule has 0 aromatic carbocycles. The number of hydrogen-bond acceptors (Lipinski definition) is 2. The molecule has 0 aromatic rings. The first-order chi connectivity index (χ1) is 4.20. The minimum absolute atomic E-state index is 0.182. The normalized spacial score (nSPS) is 26.2. The molecule has 1 heterocycles. The summed E-state index contributed by atoms with van der Waals surface area (Å²) >= 11 is 3.10. The topological polar surface area (TPSA) is 41.8 Å². The van der Waals surface area contributed by atoms with Gasteiger partial charge in [-0.2, -0.15) is 0 Å². The first-order valence-corrected chi connectivity index (χ1v) is 3.30. The third-order valence-corrected chi connectivity index (χ3v) is 1.38. The van der Waals surface area contributed by atoms with E-state index in [4.69, 9.17) is 0 Å². The van der Waals surface area contributed by atoms with E-state index in [1.807, 2.05) is 0 Å². The Hall–Kier alpha value is -0.510. The molecule has 1 aliphatic heterocycles. The van der Waals surface area contributed by atoms with E-state index < -0.39 is 0 Å². The summed E-state index contributed by atoms with van der Waals surface area (Å²) in [6.45, 7) is 1.71. The van der Waals surface area contributed by atoms with Gasteiger partial charge in [-0.1, -0.05) is 0 Å². The minimum atomic E-state index is -0.315. The second kappa shape index (κ2) is 2.39. The zero-order valence-corrected chi connectivity index (χ0v) is 6.42. The zero-order valence-electron chi connectivity index (χ0n) is 4.84. The summed E-state index contributed by atoms with van der Waals surface area (Å²) in [4.78, 5) is 18.1. The van der Waals surface area contributed by atoms with E-state index in [9.17, 15) is 4.79 Å². The van der Waals surface area contributed by atoms with Gasteiger partial charge >= 0.3 is 0 Å². The van der Waals surface area contributed by atoms with Crippen molar-refractivity contribution in [3.63, 3.8) is 0 Å². The Kier molecular flexibility index (Phi) is 1.75. The molecule has 4 heteroatoms. The van der Waals surface area contributed by atoms with Crippen LogP contribution in [0.2, 0.25) is 0 Å². The molecule has 1 rings (SSSR count). The first kappa shape index (κ1) is 6.61. The van der Waals surface area contributed by atoms with Gasteiger partial charge in [0.15, 0.2) is 0 Å². The highest BCUT2D eigenvalue weighted by atomic mass is 79.9. The maximum absolute atomic E-state index is 10.6. The summed E-state index contributed by atoms with van der Waals surface area (Å²) in [7, 11) is 0. The van der Waals surface area contributed by atoms with Crippen LogP contribution in [0.1, 0.15) is 6.92 Å². The highest BCUT2D eigenvalue weighted by Gasteiger charge is 2.13. The van der Waals surface area contributed by atoms with Gasteiger partial charge in [0.2, 0.25) is 0 Å². The fraction of sp³-hybridized carbons (Fsp3) is 0.400. The van der Waals surface area contributed by atoms with E-state index in [1.165, 1.54) is 6.21 Å². The second-order valence-corrected chi connectivity index (χ2v) is 2.54. The van der Waals surface area contributed by atoms with E-state index in [0.29, 0.717) is 4.62 Å². The van der Waals surface area contributed by atoms with Gasteiger partial charge in [0, 0.05) is 0 Å². The number of rotatable bonds is 0. The quantitative estimate of drug-likeness (QED) is 0.555. The van der Waals surface area contributed by atoms with Crippen LogP contribution in [0.25, 0.3) is 0 Å². The summed E-state index contributed by atoms with van der Waals surface area (Å²) in [6.07, 6.45) is 1.41. The van der Waals surface area contributed by atoms with Crippen LogP contribution >= 0.6 is 15.9 Å². The van der Waals surface area contributed by atoms with E-state index in [0.717, 1.165) is 0 Å². The average molecular weight is 189 g/mol. The molecule has 1 amide bonds. The molecule has 0 aromatic heterocycles. The van der Waals surface area contributed by atoms with Crippen LogP contribution in [0.5, 0.6) is 0 Å². The molecule has 1 atom stereocenters. The van der Waals surface area contributed by atoms with Gasteiger partial charge in [0.25, 0.3) is 5.91 Å². The Bertz CT molecular complexity index is 197. The average Bonchev–Trinajstić information content (AvgIpc) is 1.80. The Morgan fingerprint density at radius 3 is 2.89 bits per heavy atom. The minimum Gasteiger partial charge on any atom is -0.270 e. The molecule has 0 aliphatic carbocycles. The number of nitrogens with zero attached hydrogens (tertiary/aromatic N) is 2. The maximum Gasteiger partial charge on any atom is 0.270 e. The number of amides is 1.